The number of pyridine rings is 1. The van der Waals surface area contributed by atoms with Gasteiger partial charge >= 0.3 is 6.18 Å². The Morgan fingerprint density at radius 2 is 1.71 bits per heavy atom. The summed E-state index contributed by atoms with van der Waals surface area (Å²) in [5.41, 5.74) is -0.518. The van der Waals surface area contributed by atoms with Crippen molar-refractivity contribution in [1.29, 1.82) is 0 Å². The molecular formula is C12H7ClF3N. The van der Waals surface area contributed by atoms with E-state index in [1.807, 2.05) is 0 Å². The number of rotatable bonds is 1. The van der Waals surface area contributed by atoms with Crippen LogP contribution in [0.5, 0.6) is 0 Å². The van der Waals surface area contributed by atoms with Gasteiger partial charge in [0.2, 0.25) is 0 Å². The first kappa shape index (κ1) is 11.9. The number of halogens is 4. The highest BCUT2D eigenvalue weighted by Gasteiger charge is 2.34. The van der Waals surface area contributed by atoms with Crippen LogP contribution < -0.4 is 0 Å². The molecule has 0 aliphatic heterocycles. The van der Waals surface area contributed by atoms with Crippen molar-refractivity contribution in [1.82, 2.24) is 4.98 Å². The number of benzene rings is 1. The van der Waals surface area contributed by atoms with Crippen molar-refractivity contribution in [3.63, 3.8) is 0 Å². The zero-order valence-electron chi connectivity index (χ0n) is 8.50. The molecule has 0 N–H and O–H groups in total. The lowest BCUT2D eigenvalue weighted by atomic mass is 10.1. The second kappa shape index (κ2) is 4.37. The lowest BCUT2D eigenvalue weighted by Crippen LogP contribution is -2.08. The van der Waals surface area contributed by atoms with Gasteiger partial charge in [-0.05, 0) is 6.07 Å². The van der Waals surface area contributed by atoms with E-state index in [1.165, 1.54) is 6.20 Å². The Hall–Kier alpha value is -1.55. The fraction of sp³-hybridized carbons (Fsp3) is 0.0833. The van der Waals surface area contributed by atoms with Gasteiger partial charge in [0.15, 0.2) is 0 Å². The number of hydrogen-bond acceptors (Lipinski definition) is 1. The molecule has 17 heavy (non-hydrogen) atoms. The van der Waals surface area contributed by atoms with Crippen LogP contribution in [0.4, 0.5) is 13.2 Å². The summed E-state index contributed by atoms with van der Waals surface area (Å²) in [5.74, 6) is 0. The zero-order valence-corrected chi connectivity index (χ0v) is 9.26. The highest BCUT2D eigenvalue weighted by atomic mass is 35.5. The molecule has 0 amide bonds. The van der Waals surface area contributed by atoms with E-state index in [0.29, 0.717) is 5.56 Å². The van der Waals surface area contributed by atoms with Crippen molar-refractivity contribution >= 4 is 11.6 Å². The van der Waals surface area contributed by atoms with Crippen LogP contribution in [-0.4, -0.2) is 4.98 Å². The summed E-state index contributed by atoms with van der Waals surface area (Å²) >= 11 is 5.55. The maximum atomic E-state index is 12.8. The molecule has 0 atom stereocenters. The molecule has 0 aliphatic rings. The smallest absolute Gasteiger partial charge is 0.254 e. The second-order valence-electron chi connectivity index (χ2n) is 3.41. The van der Waals surface area contributed by atoms with E-state index >= 15 is 0 Å². The number of aromatic nitrogens is 1. The van der Waals surface area contributed by atoms with Crippen LogP contribution in [0.15, 0.2) is 42.6 Å². The highest BCUT2D eigenvalue weighted by Crippen LogP contribution is 2.36. The lowest BCUT2D eigenvalue weighted by molar-refractivity contribution is -0.137. The van der Waals surface area contributed by atoms with E-state index in [1.54, 1.807) is 30.3 Å². The maximum absolute atomic E-state index is 12.8. The van der Waals surface area contributed by atoms with E-state index < -0.39 is 11.7 Å². The minimum Gasteiger partial charge on any atom is -0.254 e. The first-order valence-corrected chi connectivity index (χ1v) is 5.14. The predicted octanol–water partition coefficient (Wildman–Crippen LogP) is 4.42. The molecule has 2 rings (SSSR count). The summed E-state index contributed by atoms with van der Waals surface area (Å²) in [6.45, 7) is 0. The highest BCUT2D eigenvalue weighted by molar-refractivity contribution is 6.30. The molecule has 0 spiro atoms. The van der Waals surface area contributed by atoms with Crippen LogP contribution in [0.25, 0.3) is 11.3 Å². The van der Waals surface area contributed by atoms with Gasteiger partial charge in [0.05, 0.1) is 16.3 Å². The first-order chi connectivity index (χ1) is 7.98. The molecule has 1 aromatic heterocycles. The molecule has 0 saturated heterocycles. The molecule has 0 saturated carbocycles. The Morgan fingerprint density at radius 3 is 2.29 bits per heavy atom. The minimum absolute atomic E-state index is 0.0305. The van der Waals surface area contributed by atoms with Gasteiger partial charge < -0.3 is 0 Å². The maximum Gasteiger partial charge on any atom is 0.418 e. The van der Waals surface area contributed by atoms with Gasteiger partial charge in [0.1, 0.15) is 0 Å². The SMILES string of the molecule is FC(F)(F)c1cc(Cl)cnc1-c1ccccc1. The first-order valence-electron chi connectivity index (χ1n) is 4.76. The average Bonchev–Trinajstić information content (AvgIpc) is 2.29. The van der Waals surface area contributed by atoms with Crippen LogP contribution in [0, 0.1) is 0 Å². The molecule has 2 aromatic rings. The van der Waals surface area contributed by atoms with E-state index in [4.69, 9.17) is 11.6 Å². The van der Waals surface area contributed by atoms with Crippen molar-refractivity contribution in [3.05, 3.63) is 53.2 Å². The number of alkyl halides is 3. The van der Waals surface area contributed by atoms with E-state index in [-0.39, 0.29) is 10.7 Å². The summed E-state index contributed by atoms with van der Waals surface area (Å²) in [6.07, 6.45) is -3.26. The summed E-state index contributed by atoms with van der Waals surface area (Å²) in [6, 6.07) is 9.08. The molecule has 5 heteroatoms. The molecule has 0 bridgehead atoms. The summed E-state index contributed by atoms with van der Waals surface area (Å²) in [7, 11) is 0. The van der Waals surface area contributed by atoms with E-state index in [2.05, 4.69) is 4.98 Å². The fourth-order valence-electron chi connectivity index (χ4n) is 1.48. The fourth-order valence-corrected chi connectivity index (χ4v) is 1.64. The van der Waals surface area contributed by atoms with E-state index in [0.717, 1.165) is 6.07 Å². The standard InChI is InChI=1S/C12H7ClF3N/c13-9-6-10(12(14,15)16)11(17-7-9)8-4-2-1-3-5-8/h1-7H. The third-order valence-electron chi connectivity index (χ3n) is 2.21. The third kappa shape index (κ3) is 2.58. The van der Waals surface area contributed by atoms with Crippen molar-refractivity contribution in [2.24, 2.45) is 0 Å². The lowest BCUT2D eigenvalue weighted by Gasteiger charge is -2.12. The van der Waals surface area contributed by atoms with Gasteiger partial charge in [-0.1, -0.05) is 41.9 Å². The normalized spacial score (nSPS) is 11.5. The molecule has 0 aliphatic carbocycles. The van der Waals surface area contributed by atoms with Crippen molar-refractivity contribution in [2.45, 2.75) is 6.18 Å². The Kier molecular flexibility index (Phi) is 3.07. The van der Waals surface area contributed by atoms with Gasteiger partial charge in [-0.2, -0.15) is 13.2 Å². The van der Waals surface area contributed by atoms with Crippen LogP contribution in [-0.2, 0) is 6.18 Å². The van der Waals surface area contributed by atoms with Crippen molar-refractivity contribution in [2.75, 3.05) is 0 Å². The minimum atomic E-state index is -4.47. The summed E-state index contributed by atoms with van der Waals surface area (Å²) < 4.78 is 38.4. The molecule has 1 aromatic carbocycles. The van der Waals surface area contributed by atoms with Crippen molar-refractivity contribution in [3.8, 4) is 11.3 Å². The van der Waals surface area contributed by atoms with Crippen LogP contribution in [0.1, 0.15) is 5.56 Å². The molecule has 1 heterocycles. The third-order valence-corrected chi connectivity index (χ3v) is 2.41. The number of hydrogen-bond donors (Lipinski definition) is 0. The van der Waals surface area contributed by atoms with Gasteiger partial charge in [-0.15, -0.1) is 0 Å². The molecule has 0 unspecified atom stereocenters. The van der Waals surface area contributed by atoms with Crippen LogP contribution in [0.2, 0.25) is 5.02 Å². The monoisotopic (exact) mass is 257 g/mol. The molecule has 88 valence electrons. The van der Waals surface area contributed by atoms with Crippen LogP contribution in [0.3, 0.4) is 0 Å². The van der Waals surface area contributed by atoms with Crippen molar-refractivity contribution < 1.29 is 13.2 Å². The molecule has 1 nitrogen and oxygen atoms in total. The quantitative estimate of drug-likeness (QED) is 0.737. The van der Waals surface area contributed by atoms with Crippen LogP contribution >= 0.6 is 11.6 Å². The number of nitrogens with zero attached hydrogens (tertiary/aromatic N) is 1. The Balaban J connectivity index is 2.63. The second-order valence-corrected chi connectivity index (χ2v) is 3.85. The largest absolute Gasteiger partial charge is 0.418 e. The van der Waals surface area contributed by atoms with Gasteiger partial charge in [-0.25, -0.2) is 0 Å². The summed E-state index contributed by atoms with van der Waals surface area (Å²) in [5, 5.41) is -0.0305. The van der Waals surface area contributed by atoms with Gasteiger partial charge in [0.25, 0.3) is 0 Å². The van der Waals surface area contributed by atoms with Gasteiger partial charge in [-0.3, -0.25) is 4.98 Å². The molecule has 0 radical (unpaired) electrons. The van der Waals surface area contributed by atoms with Gasteiger partial charge in [0, 0.05) is 11.8 Å². The zero-order chi connectivity index (χ0) is 12.5. The topological polar surface area (TPSA) is 12.9 Å². The predicted molar refractivity (Wildman–Crippen MR) is 59.7 cm³/mol. The Bertz CT molecular complexity index is 523. The molecular weight excluding hydrogens is 251 g/mol. The Labute approximate surface area is 101 Å². The molecule has 0 fully saturated rings. The average molecular weight is 258 g/mol. The summed E-state index contributed by atoms with van der Waals surface area (Å²) in [4.78, 5) is 3.76. The van der Waals surface area contributed by atoms with E-state index in [9.17, 15) is 13.2 Å². The Morgan fingerprint density at radius 1 is 1.06 bits per heavy atom.